The molecule has 4 nitrogen and oxygen atoms in total. The molecule has 0 saturated carbocycles. The molecule has 2 aliphatic rings. The van der Waals surface area contributed by atoms with Crippen molar-refractivity contribution in [2.75, 3.05) is 24.5 Å². The van der Waals surface area contributed by atoms with E-state index in [2.05, 4.69) is 4.90 Å². The Bertz CT molecular complexity index is 1250. The molecule has 3 aromatic carbocycles. The van der Waals surface area contributed by atoms with Crippen LogP contribution >= 0.6 is 23.2 Å². The summed E-state index contributed by atoms with van der Waals surface area (Å²) in [6.07, 6.45) is 1.17. The summed E-state index contributed by atoms with van der Waals surface area (Å²) >= 11 is 13.0. The van der Waals surface area contributed by atoms with Gasteiger partial charge in [-0.05, 0) is 54.4 Å². The van der Waals surface area contributed by atoms with E-state index in [4.69, 9.17) is 27.9 Å². The van der Waals surface area contributed by atoms with Crippen LogP contribution in [0.4, 0.5) is 19.3 Å². The first kappa shape index (κ1) is 24.0. The lowest BCUT2D eigenvalue weighted by molar-refractivity contribution is -0.000971. The van der Waals surface area contributed by atoms with Crippen LogP contribution in [0, 0.1) is 18.6 Å². The van der Waals surface area contributed by atoms with Gasteiger partial charge < -0.3 is 4.74 Å². The number of anilines is 1. The Morgan fingerprint density at radius 2 is 1.60 bits per heavy atom. The molecule has 0 aliphatic carbocycles. The number of hydrogen-bond donors (Lipinski definition) is 0. The van der Waals surface area contributed by atoms with Crippen LogP contribution in [-0.2, 0) is 11.3 Å². The molecular weight excluding hydrogens is 493 g/mol. The molecule has 8 heteroatoms. The van der Waals surface area contributed by atoms with Crippen molar-refractivity contribution >= 4 is 35.0 Å². The van der Waals surface area contributed by atoms with Gasteiger partial charge in [0.25, 0.3) is 0 Å². The summed E-state index contributed by atoms with van der Waals surface area (Å²) in [5.41, 5.74) is 3.33. The molecule has 0 bridgehead atoms. The van der Waals surface area contributed by atoms with Crippen molar-refractivity contribution in [1.29, 1.82) is 0 Å². The molecule has 0 atom stereocenters. The van der Waals surface area contributed by atoms with Gasteiger partial charge in [0.15, 0.2) is 11.6 Å². The Morgan fingerprint density at radius 3 is 2.23 bits per heavy atom. The molecule has 2 saturated heterocycles. The zero-order valence-electron chi connectivity index (χ0n) is 19.2. The molecule has 3 aromatic rings. The van der Waals surface area contributed by atoms with Crippen LogP contribution in [-0.4, -0.2) is 36.2 Å². The number of carbonyl (C=O) groups excluding carboxylic acids is 1. The van der Waals surface area contributed by atoms with Crippen molar-refractivity contribution in [1.82, 2.24) is 4.90 Å². The van der Waals surface area contributed by atoms with E-state index in [9.17, 15) is 13.6 Å². The zero-order chi connectivity index (χ0) is 24.7. The Morgan fingerprint density at radius 1 is 0.943 bits per heavy atom. The van der Waals surface area contributed by atoms with E-state index in [0.29, 0.717) is 34.3 Å². The second kappa shape index (κ2) is 9.41. The van der Waals surface area contributed by atoms with Gasteiger partial charge in [-0.25, -0.2) is 13.6 Å². The topological polar surface area (TPSA) is 32.8 Å². The molecule has 2 heterocycles. The van der Waals surface area contributed by atoms with Crippen LogP contribution in [0.2, 0.25) is 10.0 Å². The highest BCUT2D eigenvalue weighted by Crippen LogP contribution is 2.38. The molecule has 5 rings (SSSR count). The lowest BCUT2D eigenvalue weighted by Crippen LogP contribution is -2.46. The second-order valence-corrected chi connectivity index (χ2v) is 10.1. The molecule has 1 spiro atoms. The number of likely N-dealkylation sites (tertiary alicyclic amines) is 1. The summed E-state index contributed by atoms with van der Waals surface area (Å²) in [5.74, 6) is -1.87. The molecule has 35 heavy (non-hydrogen) atoms. The fourth-order valence-electron chi connectivity index (χ4n) is 4.83. The molecule has 0 radical (unpaired) electrons. The number of aryl methyl sites for hydroxylation is 1. The van der Waals surface area contributed by atoms with Crippen LogP contribution in [0.5, 0.6) is 0 Å². The van der Waals surface area contributed by atoms with Crippen LogP contribution in [0.25, 0.3) is 11.1 Å². The second-order valence-electron chi connectivity index (χ2n) is 9.31. The standard InChI is InChI=1S/C27H24Cl2F2N2O2/c1-17-2-5-20(6-3-17)33-16-27(35-26(33)34)8-10-32(11-9-27)15-18-12-21(28)25(22(29)13-18)19-4-7-23(30)24(31)14-19/h2-7,12-14H,8-11,15-16H2,1H3. The Labute approximate surface area is 213 Å². The van der Waals surface area contributed by atoms with Crippen LogP contribution in [0.1, 0.15) is 24.0 Å². The number of benzene rings is 3. The first-order chi connectivity index (χ1) is 16.7. The Hall–Kier alpha value is -2.67. The monoisotopic (exact) mass is 516 g/mol. The number of amides is 1. The molecular formula is C27H24Cl2F2N2O2. The van der Waals surface area contributed by atoms with Gasteiger partial charge in [-0.1, -0.05) is 47.0 Å². The van der Waals surface area contributed by atoms with E-state index < -0.39 is 17.2 Å². The van der Waals surface area contributed by atoms with Crippen molar-refractivity contribution in [3.05, 3.63) is 87.4 Å². The summed E-state index contributed by atoms with van der Waals surface area (Å²) in [7, 11) is 0. The minimum atomic E-state index is -0.950. The maximum Gasteiger partial charge on any atom is 0.415 e. The zero-order valence-corrected chi connectivity index (χ0v) is 20.7. The van der Waals surface area contributed by atoms with E-state index in [1.807, 2.05) is 43.3 Å². The summed E-state index contributed by atoms with van der Waals surface area (Å²) in [6, 6.07) is 15.1. The number of halogens is 4. The van der Waals surface area contributed by atoms with E-state index in [0.717, 1.165) is 54.9 Å². The number of rotatable bonds is 4. The summed E-state index contributed by atoms with van der Waals surface area (Å²) < 4.78 is 32.9. The van der Waals surface area contributed by atoms with Crippen molar-refractivity contribution < 1.29 is 18.3 Å². The third-order valence-corrected chi connectivity index (χ3v) is 7.40. The van der Waals surface area contributed by atoms with Gasteiger partial charge >= 0.3 is 6.09 Å². The molecule has 2 aliphatic heterocycles. The average molecular weight is 517 g/mol. The number of hydrogen-bond acceptors (Lipinski definition) is 3. The fraction of sp³-hybridized carbons (Fsp3) is 0.296. The minimum Gasteiger partial charge on any atom is -0.441 e. The number of piperidine rings is 1. The van der Waals surface area contributed by atoms with Gasteiger partial charge in [-0.15, -0.1) is 0 Å². The van der Waals surface area contributed by atoms with Crippen molar-refractivity contribution in [3.8, 4) is 11.1 Å². The normalized spacial score (nSPS) is 17.7. The maximum absolute atomic E-state index is 13.7. The number of ether oxygens (including phenoxy) is 1. The van der Waals surface area contributed by atoms with Gasteiger partial charge in [-0.3, -0.25) is 9.80 Å². The van der Waals surface area contributed by atoms with Gasteiger partial charge in [0.05, 0.1) is 16.6 Å². The van der Waals surface area contributed by atoms with E-state index in [1.165, 1.54) is 6.07 Å². The summed E-state index contributed by atoms with van der Waals surface area (Å²) in [4.78, 5) is 16.6. The van der Waals surface area contributed by atoms with Gasteiger partial charge in [0.2, 0.25) is 0 Å². The summed E-state index contributed by atoms with van der Waals surface area (Å²) in [6.45, 7) is 4.71. The Balaban J connectivity index is 1.25. The predicted molar refractivity (Wildman–Crippen MR) is 134 cm³/mol. The average Bonchev–Trinajstić information content (AvgIpc) is 3.13. The molecule has 0 N–H and O–H groups in total. The van der Waals surface area contributed by atoms with Crippen LogP contribution < -0.4 is 4.90 Å². The third-order valence-electron chi connectivity index (χ3n) is 6.80. The maximum atomic E-state index is 13.7. The fourth-order valence-corrected chi connectivity index (χ4v) is 5.58. The van der Waals surface area contributed by atoms with Crippen molar-refractivity contribution in [3.63, 3.8) is 0 Å². The largest absolute Gasteiger partial charge is 0.441 e. The van der Waals surface area contributed by atoms with Gasteiger partial charge in [0.1, 0.15) is 5.60 Å². The first-order valence-electron chi connectivity index (χ1n) is 11.5. The molecule has 0 unspecified atom stereocenters. The highest BCUT2D eigenvalue weighted by Gasteiger charge is 2.47. The highest BCUT2D eigenvalue weighted by atomic mass is 35.5. The lowest BCUT2D eigenvalue weighted by Gasteiger charge is -2.37. The Kier molecular flexibility index (Phi) is 6.47. The number of carbonyl (C=O) groups is 1. The van der Waals surface area contributed by atoms with Crippen LogP contribution in [0.3, 0.4) is 0 Å². The SMILES string of the molecule is Cc1ccc(N2CC3(CCN(Cc4cc(Cl)c(-c5ccc(F)c(F)c5)c(Cl)c4)CC3)OC2=O)cc1. The van der Waals surface area contributed by atoms with Gasteiger partial charge in [-0.2, -0.15) is 0 Å². The van der Waals surface area contributed by atoms with E-state index >= 15 is 0 Å². The van der Waals surface area contributed by atoms with Gasteiger partial charge in [0, 0.05) is 43.7 Å². The molecule has 2 fully saturated rings. The summed E-state index contributed by atoms with van der Waals surface area (Å²) in [5, 5.41) is 0.760. The smallest absolute Gasteiger partial charge is 0.415 e. The number of nitrogens with zero attached hydrogens (tertiary/aromatic N) is 2. The van der Waals surface area contributed by atoms with E-state index in [1.54, 1.807) is 4.90 Å². The highest BCUT2D eigenvalue weighted by molar-refractivity contribution is 6.39. The van der Waals surface area contributed by atoms with Crippen molar-refractivity contribution in [2.24, 2.45) is 0 Å². The molecule has 1 amide bonds. The third kappa shape index (κ3) is 4.88. The first-order valence-corrected chi connectivity index (χ1v) is 12.2. The van der Waals surface area contributed by atoms with Crippen LogP contribution in [0.15, 0.2) is 54.6 Å². The van der Waals surface area contributed by atoms with E-state index in [-0.39, 0.29) is 6.09 Å². The molecule has 0 aromatic heterocycles. The van der Waals surface area contributed by atoms with Crippen molar-refractivity contribution in [2.45, 2.75) is 31.9 Å². The predicted octanol–water partition coefficient (Wildman–Crippen LogP) is 7.24. The lowest BCUT2D eigenvalue weighted by atomic mass is 9.91. The molecule has 182 valence electrons. The quantitative estimate of drug-likeness (QED) is 0.366. The minimum absolute atomic E-state index is 0.298.